The maximum Gasteiger partial charge on any atom is 0.239 e. The van der Waals surface area contributed by atoms with Crippen molar-refractivity contribution in [3.63, 3.8) is 0 Å². The number of sulfone groups is 1. The van der Waals surface area contributed by atoms with E-state index in [0.717, 1.165) is 5.56 Å². The van der Waals surface area contributed by atoms with Crippen LogP contribution in [0.25, 0.3) is 0 Å². The molecule has 6 heteroatoms. The molecule has 0 atom stereocenters. The van der Waals surface area contributed by atoms with Gasteiger partial charge in [-0.3, -0.25) is 4.79 Å². The van der Waals surface area contributed by atoms with Gasteiger partial charge in [-0.1, -0.05) is 18.2 Å². The predicted octanol–water partition coefficient (Wildman–Crippen LogP) is 0.341. The second-order valence-corrected chi connectivity index (χ2v) is 5.86. The monoisotopic (exact) mass is 257 g/mol. The van der Waals surface area contributed by atoms with Gasteiger partial charge in [0.15, 0.2) is 9.84 Å². The molecular weight excluding hydrogens is 242 g/mol. The molecule has 0 aliphatic carbocycles. The van der Waals surface area contributed by atoms with Crippen molar-refractivity contribution in [3.8, 4) is 0 Å². The Balaban J connectivity index is 2.66. The first-order valence-electron chi connectivity index (χ1n) is 5.11. The second-order valence-electron chi connectivity index (χ2n) is 3.68. The van der Waals surface area contributed by atoms with E-state index in [1.54, 1.807) is 12.1 Å². The minimum Gasteiger partial charge on any atom is -0.395 e. The van der Waals surface area contributed by atoms with Crippen molar-refractivity contribution in [1.82, 2.24) is 0 Å². The van der Waals surface area contributed by atoms with Crippen LogP contribution in [-0.2, 0) is 14.6 Å². The highest BCUT2D eigenvalue weighted by Gasteiger charge is 2.16. The molecule has 0 saturated heterocycles. The zero-order valence-corrected chi connectivity index (χ0v) is 10.3. The summed E-state index contributed by atoms with van der Waals surface area (Å²) in [6.07, 6.45) is 0. The van der Waals surface area contributed by atoms with Crippen molar-refractivity contribution in [2.75, 3.05) is 23.4 Å². The summed E-state index contributed by atoms with van der Waals surface area (Å²) in [7, 11) is -3.53. The van der Waals surface area contributed by atoms with Gasteiger partial charge in [-0.15, -0.1) is 0 Å². The third kappa shape index (κ3) is 4.54. The van der Waals surface area contributed by atoms with E-state index in [2.05, 4.69) is 5.32 Å². The van der Waals surface area contributed by atoms with E-state index in [1.165, 1.54) is 0 Å². The fourth-order valence-electron chi connectivity index (χ4n) is 1.31. The van der Waals surface area contributed by atoms with Crippen LogP contribution in [0.5, 0.6) is 0 Å². The van der Waals surface area contributed by atoms with E-state index in [4.69, 9.17) is 5.11 Å². The Morgan fingerprint density at radius 2 is 2.00 bits per heavy atom. The molecular formula is C11H15NO4S. The molecule has 0 heterocycles. The average molecular weight is 257 g/mol. The van der Waals surface area contributed by atoms with Gasteiger partial charge < -0.3 is 10.4 Å². The van der Waals surface area contributed by atoms with Crippen molar-refractivity contribution < 1.29 is 18.3 Å². The van der Waals surface area contributed by atoms with Gasteiger partial charge in [-0.05, 0) is 18.6 Å². The number of rotatable bonds is 5. The summed E-state index contributed by atoms with van der Waals surface area (Å²) in [4.78, 5) is 11.5. The summed E-state index contributed by atoms with van der Waals surface area (Å²) in [5, 5.41) is 11.1. The number of hydrogen-bond donors (Lipinski definition) is 2. The van der Waals surface area contributed by atoms with Crippen molar-refractivity contribution in [2.45, 2.75) is 6.92 Å². The second kappa shape index (κ2) is 5.79. The Hall–Kier alpha value is -1.40. The maximum absolute atomic E-state index is 11.5. The summed E-state index contributed by atoms with van der Waals surface area (Å²) in [5.74, 6) is -1.59. The molecule has 17 heavy (non-hydrogen) atoms. The molecule has 1 aromatic rings. The molecule has 0 spiro atoms. The zero-order valence-electron chi connectivity index (χ0n) is 9.51. The molecule has 5 nitrogen and oxygen atoms in total. The van der Waals surface area contributed by atoms with Gasteiger partial charge in [-0.25, -0.2) is 8.42 Å². The van der Waals surface area contributed by atoms with Crippen LogP contribution in [0.4, 0.5) is 5.69 Å². The SMILES string of the molecule is Cc1ccccc1NC(=O)CS(=O)(=O)CCO. The highest BCUT2D eigenvalue weighted by atomic mass is 32.2. The van der Waals surface area contributed by atoms with Gasteiger partial charge in [0.25, 0.3) is 0 Å². The maximum atomic E-state index is 11.5. The van der Waals surface area contributed by atoms with E-state index >= 15 is 0 Å². The van der Waals surface area contributed by atoms with Crippen LogP contribution in [0.15, 0.2) is 24.3 Å². The Morgan fingerprint density at radius 3 is 2.59 bits per heavy atom. The van der Waals surface area contributed by atoms with Gasteiger partial charge in [0.05, 0.1) is 12.4 Å². The Morgan fingerprint density at radius 1 is 1.35 bits per heavy atom. The fraction of sp³-hybridized carbons (Fsp3) is 0.364. The fourth-order valence-corrected chi connectivity index (χ4v) is 2.20. The topological polar surface area (TPSA) is 83.5 Å². The molecule has 94 valence electrons. The van der Waals surface area contributed by atoms with E-state index < -0.39 is 33.9 Å². The molecule has 1 aromatic carbocycles. The van der Waals surface area contributed by atoms with E-state index in [-0.39, 0.29) is 0 Å². The number of aliphatic hydroxyl groups is 1. The number of anilines is 1. The molecule has 0 fully saturated rings. The van der Waals surface area contributed by atoms with Crippen LogP contribution in [0, 0.1) is 6.92 Å². The Labute approximate surface area is 100 Å². The highest BCUT2D eigenvalue weighted by Crippen LogP contribution is 2.12. The van der Waals surface area contributed by atoms with Crippen molar-refractivity contribution >= 4 is 21.4 Å². The third-order valence-corrected chi connectivity index (χ3v) is 3.68. The number of amides is 1. The van der Waals surface area contributed by atoms with E-state index in [1.807, 2.05) is 19.1 Å². The summed E-state index contributed by atoms with van der Waals surface area (Å²) < 4.78 is 22.6. The Bertz CT molecular complexity index is 496. The van der Waals surface area contributed by atoms with Crippen LogP contribution >= 0.6 is 0 Å². The van der Waals surface area contributed by atoms with Crippen molar-refractivity contribution in [2.24, 2.45) is 0 Å². The molecule has 0 aromatic heterocycles. The number of nitrogens with one attached hydrogen (secondary N) is 1. The summed E-state index contributed by atoms with van der Waals surface area (Å²) >= 11 is 0. The third-order valence-electron chi connectivity index (χ3n) is 2.17. The first kappa shape index (κ1) is 13.7. The molecule has 2 N–H and O–H groups in total. The number of benzene rings is 1. The summed E-state index contributed by atoms with van der Waals surface area (Å²) in [5.41, 5.74) is 1.46. The lowest BCUT2D eigenvalue weighted by molar-refractivity contribution is -0.113. The number of carbonyl (C=O) groups excluding carboxylic acids is 1. The van der Waals surface area contributed by atoms with Crippen molar-refractivity contribution in [3.05, 3.63) is 29.8 Å². The molecule has 0 saturated carbocycles. The number of aliphatic hydroxyl groups excluding tert-OH is 1. The molecule has 0 aliphatic heterocycles. The molecule has 1 rings (SSSR count). The highest BCUT2D eigenvalue weighted by molar-refractivity contribution is 7.92. The minimum atomic E-state index is -3.53. The summed E-state index contributed by atoms with van der Waals surface area (Å²) in [6.45, 7) is 1.35. The lowest BCUT2D eigenvalue weighted by atomic mass is 10.2. The molecule has 0 bridgehead atoms. The van der Waals surface area contributed by atoms with Crippen LogP contribution in [-0.4, -0.2) is 37.5 Å². The number of carbonyl (C=O) groups is 1. The largest absolute Gasteiger partial charge is 0.395 e. The lowest BCUT2D eigenvalue weighted by Gasteiger charge is -2.07. The quantitative estimate of drug-likeness (QED) is 0.796. The van der Waals surface area contributed by atoms with Crippen LogP contribution in [0.1, 0.15) is 5.56 Å². The first-order chi connectivity index (χ1) is 7.94. The molecule has 0 radical (unpaired) electrons. The number of aryl methyl sites for hydroxylation is 1. The van der Waals surface area contributed by atoms with Gasteiger partial charge in [0.1, 0.15) is 5.75 Å². The van der Waals surface area contributed by atoms with Crippen LogP contribution < -0.4 is 5.32 Å². The zero-order chi connectivity index (χ0) is 12.9. The van der Waals surface area contributed by atoms with E-state index in [9.17, 15) is 13.2 Å². The number of para-hydroxylation sites is 1. The van der Waals surface area contributed by atoms with Gasteiger partial charge in [0.2, 0.25) is 5.91 Å². The number of hydrogen-bond acceptors (Lipinski definition) is 4. The van der Waals surface area contributed by atoms with Gasteiger partial charge in [-0.2, -0.15) is 0 Å². The molecule has 0 aliphatic rings. The normalized spacial score (nSPS) is 11.2. The van der Waals surface area contributed by atoms with Crippen LogP contribution in [0.2, 0.25) is 0 Å². The van der Waals surface area contributed by atoms with Crippen molar-refractivity contribution in [1.29, 1.82) is 0 Å². The standard InChI is InChI=1S/C11H15NO4S/c1-9-4-2-3-5-10(9)12-11(14)8-17(15,16)7-6-13/h2-5,13H,6-8H2,1H3,(H,12,14). The smallest absolute Gasteiger partial charge is 0.239 e. The Kier molecular flexibility index (Phi) is 4.65. The minimum absolute atomic E-state index is 0.395. The van der Waals surface area contributed by atoms with Gasteiger partial charge >= 0.3 is 0 Å². The van der Waals surface area contributed by atoms with Gasteiger partial charge in [0, 0.05) is 5.69 Å². The molecule has 0 unspecified atom stereocenters. The molecule has 1 amide bonds. The summed E-state index contributed by atoms with van der Waals surface area (Å²) in [6, 6.07) is 7.10. The van der Waals surface area contributed by atoms with E-state index in [0.29, 0.717) is 5.69 Å². The first-order valence-corrected chi connectivity index (χ1v) is 6.93. The lowest BCUT2D eigenvalue weighted by Crippen LogP contribution is -2.26. The average Bonchev–Trinajstić information content (AvgIpc) is 2.20. The van der Waals surface area contributed by atoms with Crippen LogP contribution in [0.3, 0.4) is 0 Å². The predicted molar refractivity (Wildman–Crippen MR) is 65.5 cm³/mol.